The highest BCUT2D eigenvalue weighted by atomic mass is 16.6. The molecule has 3 rings (SSSR count). The van der Waals surface area contributed by atoms with Crippen LogP contribution >= 0.6 is 0 Å². The van der Waals surface area contributed by atoms with Crippen LogP contribution in [0.3, 0.4) is 0 Å². The minimum Gasteiger partial charge on any atom is -0.394 e. The van der Waals surface area contributed by atoms with Crippen LogP contribution < -0.4 is 11.3 Å². The van der Waals surface area contributed by atoms with Crippen LogP contribution in [0.1, 0.15) is 148 Å². The normalized spacial score (nSPS) is 19.0. The molecule has 0 unspecified atom stereocenters. The highest BCUT2D eigenvalue weighted by Gasteiger charge is 2.38. The van der Waals surface area contributed by atoms with Gasteiger partial charge in [-0.25, -0.2) is 4.98 Å². The number of rotatable bonds is 24. The molecule has 0 saturated carbocycles. The fraction of sp³-hybridized carbons (Fsp3) is 0.844. The number of aromatic amines is 1. The highest BCUT2D eigenvalue weighted by Crippen LogP contribution is 2.33. The number of aromatic nitrogens is 4. The van der Waals surface area contributed by atoms with E-state index in [1.807, 2.05) is 0 Å². The topological polar surface area (TPSA) is 128 Å². The number of anilines is 1. The van der Waals surface area contributed by atoms with Crippen LogP contribution in [0, 0.1) is 0 Å². The molecule has 9 nitrogen and oxygen atoms in total. The summed E-state index contributed by atoms with van der Waals surface area (Å²) in [6, 6.07) is 0. The van der Waals surface area contributed by atoms with Crippen LogP contribution in [-0.2, 0) is 9.47 Å². The van der Waals surface area contributed by atoms with Gasteiger partial charge >= 0.3 is 0 Å². The van der Waals surface area contributed by atoms with E-state index in [0.717, 1.165) is 12.8 Å². The maximum atomic E-state index is 12.1. The Morgan fingerprint density at radius 2 is 1.41 bits per heavy atom. The van der Waals surface area contributed by atoms with Crippen molar-refractivity contribution < 1.29 is 14.6 Å². The largest absolute Gasteiger partial charge is 0.394 e. The molecule has 1 saturated heterocycles. The number of imidazole rings is 1. The van der Waals surface area contributed by atoms with Gasteiger partial charge in [0.05, 0.1) is 19.0 Å². The number of nitrogens with one attached hydrogen (secondary N) is 1. The number of nitrogen functional groups attached to an aromatic ring is 1. The van der Waals surface area contributed by atoms with Crippen LogP contribution in [0.15, 0.2) is 11.1 Å². The second-order valence-electron chi connectivity index (χ2n) is 12.0. The molecule has 0 radical (unpaired) electrons. The maximum Gasteiger partial charge on any atom is 0.280 e. The van der Waals surface area contributed by atoms with Crippen molar-refractivity contribution >= 4 is 17.1 Å². The van der Waals surface area contributed by atoms with Gasteiger partial charge in [-0.2, -0.15) is 4.98 Å². The van der Waals surface area contributed by atoms with Crippen molar-refractivity contribution in [2.24, 2.45) is 0 Å². The Morgan fingerprint density at radius 1 is 0.902 bits per heavy atom. The summed E-state index contributed by atoms with van der Waals surface area (Å²) in [7, 11) is 0. The summed E-state index contributed by atoms with van der Waals surface area (Å²) in [6.45, 7) is 2.84. The van der Waals surface area contributed by atoms with Gasteiger partial charge in [0.2, 0.25) is 5.95 Å². The summed E-state index contributed by atoms with van der Waals surface area (Å²) in [5.74, 6) is 0.0303. The summed E-state index contributed by atoms with van der Waals surface area (Å²) in [4.78, 5) is 23.0. The number of hydrogen-bond donors (Lipinski definition) is 3. The number of ether oxygens (including phenoxy) is 2. The third-order valence-electron chi connectivity index (χ3n) is 8.40. The molecule has 1 aliphatic rings. The number of nitrogens with zero attached hydrogens (tertiary/aromatic N) is 3. The Labute approximate surface area is 247 Å². The Balaban J connectivity index is 1.16. The Kier molecular flexibility index (Phi) is 16.4. The van der Waals surface area contributed by atoms with Gasteiger partial charge in [0.25, 0.3) is 5.56 Å². The van der Waals surface area contributed by atoms with Gasteiger partial charge in [-0.3, -0.25) is 14.3 Å². The molecule has 0 aliphatic carbocycles. The molecule has 4 N–H and O–H groups in total. The Hall–Kier alpha value is -1.97. The predicted octanol–water partition coefficient (Wildman–Crippen LogP) is 7.19. The third-order valence-corrected chi connectivity index (χ3v) is 8.40. The molecule has 2 aromatic rings. The fourth-order valence-electron chi connectivity index (χ4n) is 5.95. The minimum atomic E-state index is -0.504. The summed E-state index contributed by atoms with van der Waals surface area (Å²) in [6.07, 6.45) is 28.3. The first kappa shape index (κ1) is 33.5. The molecule has 0 bridgehead atoms. The van der Waals surface area contributed by atoms with Crippen molar-refractivity contribution in [3.8, 4) is 0 Å². The van der Waals surface area contributed by atoms with Crippen molar-refractivity contribution in [2.45, 2.75) is 160 Å². The number of nitrogens with two attached hydrogens (primary N) is 1. The second kappa shape index (κ2) is 20.0. The molecule has 9 heteroatoms. The van der Waals surface area contributed by atoms with E-state index >= 15 is 0 Å². The molecule has 3 atom stereocenters. The lowest BCUT2D eigenvalue weighted by Crippen LogP contribution is -2.24. The SMILES string of the molecule is CCCCCCCCCCCCCCCCCCCCCCO[C@@H]1C[C@@H](CO)O[C@H]1n1cnc2c(=O)[nH]c(N)nc21. The first-order valence-corrected chi connectivity index (χ1v) is 16.7. The lowest BCUT2D eigenvalue weighted by Gasteiger charge is -2.20. The maximum absolute atomic E-state index is 12.1. The molecule has 2 aromatic heterocycles. The molecular formula is C32H57N5O4. The lowest BCUT2D eigenvalue weighted by atomic mass is 10.0. The molecule has 41 heavy (non-hydrogen) atoms. The standard InChI is InChI=1S/C32H57N5O4/c1-2-3-4-5-6-7-8-9-10-11-12-13-14-15-16-17-18-19-20-21-22-40-27-23-26(24-38)41-31(27)37-25-34-28-29(37)35-32(33)36-30(28)39/h25-27,31,38H,2-24H2,1H3,(H3,33,35,36,39)/t26-,27+,31+/m0/s1. The Bertz CT molecular complexity index is 1010. The summed E-state index contributed by atoms with van der Waals surface area (Å²) in [5, 5.41) is 9.65. The first-order chi connectivity index (χ1) is 20.1. The van der Waals surface area contributed by atoms with Crippen molar-refractivity contribution in [2.75, 3.05) is 18.9 Å². The average Bonchev–Trinajstić information content (AvgIpc) is 3.57. The van der Waals surface area contributed by atoms with E-state index in [-0.39, 0.29) is 35.8 Å². The minimum absolute atomic E-state index is 0.0303. The van der Waals surface area contributed by atoms with Gasteiger partial charge in [0.15, 0.2) is 17.4 Å². The van der Waals surface area contributed by atoms with Gasteiger partial charge in [0.1, 0.15) is 6.10 Å². The number of aliphatic hydroxyl groups is 1. The van der Waals surface area contributed by atoms with E-state index in [2.05, 4.69) is 21.9 Å². The summed E-state index contributed by atoms with van der Waals surface area (Å²) < 4.78 is 13.9. The number of unbranched alkanes of at least 4 members (excludes halogenated alkanes) is 19. The van der Waals surface area contributed by atoms with Gasteiger partial charge in [0, 0.05) is 13.0 Å². The first-order valence-electron chi connectivity index (χ1n) is 16.7. The van der Waals surface area contributed by atoms with Crippen LogP contribution in [0.5, 0.6) is 0 Å². The molecule has 0 amide bonds. The highest BCUT2D eigenvalue weighted by molar-refractivity contribution is 5.70. The molecular weight excluding hydrogens is 518 g/mol. The van der Waals surface area contributed by atoms with Gasteiger partial charge in [-0.05, 0) is 6.42 Å². The molecule has 1 aliphatic heterocycles. The predicted molar refractivity (Wildman–Crippen MR) is 166 cm³/mol. The van der Waals surface area contributed by atoms with E-state index in [1.54, 1.807) is 4.57 Å². The van der Waals surface area contributed by atoms with Crippen LogP contribution in [0.4, 0.5) is 5.95 Å². The van der Waals surface area contributed by atoms with Crippen molar-refractivity contribution in [3.05, 3.63) is 16.7 Å². The molecule has 0 aromatic carbocycles. The van der Waals surface area contributed by atoms with E-state index in [4.69, 9.17) is 15.2 Å². The van der Waals surface area contributed by atoms with Crippen LogP contribution in [0.2, 0.25) is 0 Å². The lowest BCUT2D eigenvalue weighted by molar-refractivity contribution is -0.0692. The molecule has 3 heterocycles. The summed E-state index contributed by atoms with van der Waals surface area (Å²) in [5.41, 5.74) is 5.93. The number of fused-ring (bicyclic) bond motifs is 1. The zero-order chi connectivity index (χ0) is 29.1. The zero-order valence-electron chi connectivity index (χ0n) is 25.7. The van der Waals surface area contributed by atoms with Crippen LogP contribution in [0.25, 0.3) is 11.2 Å². The number of aliphatic hydroxyl groups excluding tert-OH is 1. The zero-order valence-corrected chi connectivity index (χ0v) is 25.7. The van der Waals surface area contributed by atoms with E-state index in [0.29, 0.717) is 18.7 Å². The van der Waals surface area contributed by atoms with Gasteiger partial charge in [-0.1, -0.05) is 129 Å². The molecule has 234 valence electrons. The van der Waals surface area contributed by atoms with Crippen molar-refractivity contribution in [3.63, 3.8) is 0 Å². The molecule has 1 fully saturated rings. The number of H-pyrrole nitrogens is 1. The average molecular weight is 576 g/mol. The quantitative estimate of drug-likeness (QED) is 0.113. The fourth-order valence-corrected chi connectivity index (χ4v) is 5.95. The van der Waals surface area contributed by atoms with Gasteiger partial charge < -0.3 is 20.3 Å². The number of hydrogen-bond acceptors (Lipinski definition) is 7. The van der Waals surface area contributed by atoms with E-state index < -0.39 is 6.23 Å². The monoisotopic (exact) mass is 575 g/mol. The smallest absolute Gasteiger partial charge is 0.280 e. The van der Waals surface area contributed by atoms with Crippen molar-refractivity contribution in [1.82, 2.24) is 19.5 Å². The summed E-state index contributed by atoms with van der Waals surface area (Å²) >= 11 is 0. The van der Waals surface area contributed by atoms with Crippen LogP contribution in [-0.4, -0.2) is 50.0 Å². The van der Waals surface area contributed by atoms with Crippen molar-refractivity contribution in [1.29, 1.82) is 0 Å². The second-order valence-corrected chi connectivity index (χ2v) is 12.0. The van der Waals surface area contributed by atoms with E-state index in [9.17, 15) is 9.90 Å². The van der Waals surface area contributed by atoms with E-state index in [1.165, 1.54) is 122 Å². The van der Waals surface area contributed by atoms with Gasteiger partial charge in [-0.15, -0.1) is 0 Å². The Morgan fingerprint density at radius 3 is 1.93 bits per heavy atom. The molecule has 0 spiro atoms. The third kappa shape index (κ3) is 12.0.